The molecule has 9 aromatic rings. The third-order valence-electron chi connectivity index (χ3n) is 11.6. The number of aromatic nitrogens is 3. The van der Waals surface area contributed by atoms with Gasteiger partial charge in [0.15, 0.2) is 5.82 Å². The lowest BCUT2D eigenvalue weighted by molar-refractivity contribution is 0.630. The Balaban J connectivity index is 1.12. The van der Waals surface area contributed by atoms with Crippen LogP contribution >= 0.6 is 11.3 Å². The number of rotatable bonds is 2. The van der Waals surface area contributed by atoms with Crippen LogP contribution < -0.4 is 0 Å². The molecule has 6 aromatic carbocycles. The van der Waals surface area contributed by atoms with E-state index in [4.69, 9.17) is 9.97 Å². The van der Waals surface area contributed by atoms with E-state index in [1.807, 2.05) is 11.3 Å². The highest BCUT2D eigenvalue weighted by Crippen LogP contribution is 2.52. The molecule has 3 nitrogen and oxygen atoms in total. The average Bonchev–Trinajstić information content (AvgIpc) is 3.75. The van der Waals surface area contributed by atoms with Crippen molar-refractivity contribution in [3.05, 3.63) is 150 Å². The lowest BCUT2D eigenvalue weighted by atomic mass is 9.74. The predicted molar refractivity (Wildman–Crippen MR) is 210 cm³/mol. The van der Waals surface area contributed by atoms with Crippen LogP contribution in [0.2, 0.25) is 0 Å². The maximum atomic E-state index is 5.40. The molecule has 0 saturated heterocycles. The van der Waals surface area contributed by atoms with E-state index in [0.717, 1.165) is 33.5 Å². The molecule has 4 heterocycles. The normalized spacial score (nSPS) is 15.1. The second-order valence-corrected chi connectivity index (χ2v) is 16.0. The van der Waals surface area contributed by atoms with Crippen molar-refractivity contribution >= 4 is 53.4 Å². The fourth-order valence-electron chi connectivity index (χ4n) is 9.07. The first-order valence-corrected chi connectivity index (χ1v) is 18.2. The monoisotopic (exact) mass is 659 g/mol. The van der Waals surface area contributed by atoms with Crippen molar-refractivity contribution in [3.63, 3.8) is 0 Å². The maximum absolute atomic E-state index is 5.40. The standard InChI is InChI=1S/C46H33N3S/c1-45(2)33-16-8-5-12-28(33)29-22-20-26(24-35(29)45)41-30-13-6-9-18-37(30)47-43(48-41)27-21-23-38-36(25-27)46(3,4)34-17-11-15-32-40-31-14-7-10-19-39(31)50-44(40)49(38)42(32)34/h5-25H,1-4H3. The van der Waals surface area contributed by atoms with Crippen molar-refractivity contribution in [3.8, 4) is 39.5 Å². The van der Waals surface area contributed by atoms with E-state index in [1.54, 1.807) is 0 Å². The molecule has 50 heavy (non-hydrogen) atoms. The summed E-state index contributed by atoms with van der Waals surface area (Å²) in [6.07, 6.45) is 0. The largest absolute Gasteiger partial charge is 0.300 e. The highest BCUT2D eigenvalue weighted by molar-refractivity contribution is 7.25. The van der Waals surface area contributed by atoms with Crippen molar-refractivity contribution in [1.29, 1.82) is 0 Å². The van der Waals surface area contributed by atoms with E-state index >= 15 is 0 Å². The molecule has 0 amide bonds. The molecule has 3 aromatic heterocycles. The summed E-state index contributed by atoms with van der Waals surface area (Å²) in [5.74, 6) is 0.754. The Morgan fingerprint density at radius 2 is 1.22 bits per heavy atom. The van der Waals surface area contributed by atoms with Crippen LogP contribution in [-0.2, 0) is 10.8 Å². The van der Waals surface area contributed by atoms with E-state index < -0.39 is 0 Å². The van der Waals surface area contributed by atoms with Gasteiger partial charge in [0.1, 0.15) is 4.83 Å². The van der Waals surface area contributed by atoms with Gasteiger partial charge in [-0.2, -0.15) is 0 Å². The van der Waals surface area contributed by atoms with Gasteiger partial charge in [-0.1, -0.05) is 119 Å². The summed E-state index contributed by atoms with van der Waals surface area (Å²) in [5, 5.41) is 5.10. The number of nitrogens with zero attached hydrogens (tertiary/aromatic N) is 3. The van der Waals surface area contributed by atoms with Crippen molar-refractivity contribution in [2.75, 3.05) is 0 Å². The third kappa shape index (κ3) is 3.54. The number of fused-ring (bicyclic) bond motifs is 11. The van der Waals surface area contributed by atoms with Crippen LogP contribution in [0.4, 0.5) is 0 Å². The van der Waals surface area contributed by atoms with E-state index in [2.05, 4.69) is 160 Å². The Kier molecular flexibility index (Phi) is 5.40. The molecule has 0 saturated carbocycles. The molecule has 0 radical (unpaired) electrons. The summed E-state index contributed by atoms with van der Waals surface area (Å²) >= 11 is 1.89. The van der Waals surface area contributed by atoms with Crippen LogP contribution in [0.15, 0.2) is 127 Å². The highest BCUT2D eigenvalue weighted by atomic mass is 32.1. The van der Waals surface area contributed by atoms with Crippen molar-refractivity contribution in [2.24, 2.45) is 0 Å². The van der Waals surface area contributed by atoms with Crippen molar-refractivity contribution in [1.82, 2.24) is 14.5 Å². The molecule has 2 aliphatic rings. The zero-order valence-electron chi connectivity index (χ0n) is 28.4. The van der Waals surface area contributed by atoms with Gasteiger partial charge in [-0.25, -0.2) is 9.97 Å². The number of benzene rings is 6. The highest BCUT2D eigenvalue weighted by Gasteiger charge is 2.37. The first kappa shape index (κ1) is 28.3. The fraction of sp³-hybridized carbons (Fsp3) is 0.130. The van der Waals surface area contributed by atoms with Crippen LogP contribution in [0, 0.1) is 0 Å². The molecule has 0 bridgehead atoms. The Labute approximate surface area is 294 Å². The van der Waals surface area contributed by atoms with E-state index in [1.165, 1.54) is 70.3 Å². The summed E-state index contributed by atoms with van der Waals surface area (Å²) in [6.45, 7) is 9.40. The summed E-state index contributed by atoms with van der Waals surface area (Å²) in [6, 6.07) is 46.7. The number of thiophene rings is 1. The molecule has 0 N–H and O–H groups in total. The molecule has 1 aliphatic carbocycles. The summed E-state index contributed by atoms with van der Waals surface area (Å²) in [7, 11) is 0. The number of hydrogen-bond donors (Lipinski definition) is 0. The molecule has 1 aliphatic heterocycles. The minimum Gasteiger partial charge on any atom is -0.300 e. The molecule has 0 atom stereocenters. The van der Waals surface area contributed by atoms with Gasteiger partial charge in [-0.15, -0.1) is 11.3 Å². The van der Waals surface area contributed by atoms with Gasteiger partial charge in [-0.3, -0.25) is 0 Å². The second kappa shape index (κ2) is 9.56. The van der Waals surface area contributed by atoms with Gasteiger partial charge in [-0.05, 0) is 69.8 Å². The van der Waals surface area contributed by atoms with Gasteiger partial charge in [0.05, 0.1) is 22.4 Å². The van der Waals surface area contributed by atoms with Crippen molar-refractivity contribution < 1.29 is 0 Å². The smallest absolute Gasteiger partial charge is 0.160 e. The lowest BCUT2D eigenvalue weighted by Gasteiger charge is -2.35. The minimum absolute atomic E-state index is 0.0856. The molecular formula is C46H33N3S. The summed E-state index contributed by atoms with van der Waals surface area (Å²) < 4.78 is 3.85. The molecule has 0 spiro atoms. The zero-order chi connectivity index (χ0) is 33.5. The predicted octanol–water partition coefficient (Wildman–Crippen LogP) is 12.2. The Morgan fingerprint density at radius 3 is 2.12 bits per heavy atom. The third-order valence-corrected chi connectivity index (χ3v) is 12.8. The first-order valence-electron chi connectivity index (χ1n) is 17.4. The lowest BCUT2D eigenvalue weighted by Crippen LogP contribution is -2.26. The minimum atomic E-state index is -0.211. The first-order chi connectivity index (χ1) is 24.3. The van der Waals surface area contributed by atoms with Gasteiger partial charge < -0.3 is 4.57 Å². The topological polar surface area (TPSA) is 30.7 Å². The van der Waals surface area contributed by atoms with Crippen LogP contribution in [0.5, 0.6) is 0 Å². The van der Waals surface area contributed by atoms with E-state index in [0.29, 0.717) is 0 Å². The fourth-order valence-corrected chi connectivity index (χ4v) is 10.3. The van der Waals surface area contributed by atoms with Gasteiger partial charge >= 0.3 is 0 Å². The van der Waals surface area contributed by atoms with Crippen LogP contribution in [0.3, 0.4) is 0 Å². The van der Waals surface area contributed by atoms with Gasteiger partial charge in [0.25, 0.3) is 0 Å². The SMILES string of the molecule is CC1(C)c2ccccc2-c2ccc(-c3nc(-c4ccc5c(c4)C(C)(C)c4cccc6c7c8ccccc8sc7n-5c46)nc4ccccc34)cc21. The van der Waals surface area contributed by atoms with Crippen molar-refractivity contribution in [2.45, 2.75) is 38.5 Å². The second-order valence-electron chi connectivity index (χ2n) is 15.0. The molecule has 0 unspecified atom stereocenters. The molecular weight excluding hydrogens is 627 g/mol. The Morgan fingerprint density at radius 1 is 0.540 bits per heavy atom. The molecule has 4 heteroatoms. The van der Waals surface area contributed by atoms with E-state index in [9.17, 15) is 0 Å². The number of para-hydroxylation sites is 2. The quantitative estimate of drug-likeness (QED) is 0.185. The molecule has 238 valence electrons. The average molecular weight is 660 g/mol. The Hall–Kier alpha value is -5.58. The zero-order valence-corrected chi connectivity index (χ0v) is 29.2. The maximum Gasteiger partial charge on any atom is 0.160 e. The number of hydrogen-bond acceptors (Lipinski definition) is 3. The summed E-state index contributed by atoms with van der Waals surface area (Å²) in [5.41, 5.74) is 14.4. The summed E-state index contributed by atoms with van der Waals surface area (Å²) in [4.78, 5) is 11.9. The van der Waals surface area contributed by atoms with E-state index in [-0.39, 0.29) is 10.8 Å². The van der Waals surface area contributed by atoms with Crippen LogP contribution in [-0.4, -0.2) is 14.5 Å². The molecule has 11 rings (SSSR count). The van der Waals surface area contributed by atoms with Gasteiger partial charge in [0, 0.05) is 48.2 Å². The molecule has 0 fully saturated rings. The van der Waals surface area contributed by atoms with Crippen LogP contribution in [0.1, 0.15) is 49.9 Å². The van der Waals surface area contributed by atoms with Gasteiger partial charge in [0.2, 0.25) is 0 Å². The van der Waals surface area contributed by atoms with Crippen LogP contribution in [0.25, 0.3) is 81.6 Å². The Bertz CT molecular complexity index is 2940.